The number of hydrogen-bond acceptors (Lipinski definition) is 4. The summed E-state index contributed by atoms with van der Waals surface area (Å²) >= 11 is 6.00. The Bertz CT molecular complexity index is 809. The molecule has 2 aromatic rings. The molecule has 0 fully saturated rings. The molecule has 2 rings (SSSR count). The minimum absolute atomic E-state index is 0.0859. The van der Waals surface area contributed by atoms with Gasteiger partial charge in [-0.05, 0) is 31.7 Å². The molecule has 0 spiro atoms. The second-order valence-electron chi connectivity index (χ2n) is 5.99. The third-order valence-electron chi connectivity index (χ3n) is 3.92. The van der Waals surface area contributed by atoms with Crippen molar-refractivity contribution in [1.82, 2.24) is 4.90 Å². The molecule has 0 saturated carbocycles. The van der Waals surface area contributed by atoms with Crippen LogP contribution in [0.2, 0.25) is 5.02 Å². The third-order valence-corrected chi connectivity index (χ3v) is 4.27. The predicted octanol–water partition coefficient (Wildman–Crippen LogP) is 4.16. The minimum atomic E-state index is -0.513. The average Bonchev–Trinajstić information content (AvgIpc) is 2.58. The van der Waals surface area contributed by atoms with Gasteiger partial charge in [0.1, 0.15) is 5.82 Å². The number of amides is 1. The number of non-ortho nitro benzene ring substituents is 1. The zero-order valence-corrected chi connectivity index (χ0v) is 15.2. The van der Waals surface area contributed by atoms with Gasteiger partial charge in [-0.1, -0.05) is 23.7 Å². The predicted molar refractivity (Wildman–Crippen MR) is 98.8 cm³/mol. The van der Waals surface area contributed by atoms with Gasteiger partial charge in [-0.2, -0.15) is 0 Å². The van der Waals surface area contributed by atoms with Crippen LogP contribution in [0.5, 0.6) is 0 Å². The number of halogens is 2. The monoisotopic (exact) mass is 379 g/mol. The maximum Gasteiger partial charge on any atom is 0.271 e. The van der Waals surface area contributed by atoms with Crippen molar-refractivity contribution >= 4 is 28.9 Å². The Labute approximate surface area is 155 Å². The lowest BCUT2D eigenvalue weighted by Crippen LogP contribution is -2.24. The fraction of sp³-hybridized carbons (Fsp3) is 0.278. The molecule has 0 aliphatic rings. The van der Waals surface area contributed by atoms with E-state index in [9.17, 15) is 19.3 Å². The van der Waals surface area contributed by atoms with Crippen molar-refractivity contribution in [2.75, 3.05) is 18.9 Å². The van der Waals surface area contributed by atoms with E-state index in [-0.39, 0.29) is 30.4 Å². The van der Waals surface area contributed by atoms with E-state index in [1.807, 2.05) is 0 Å². The second kappa shape index (κ2) is 8.73. The average molecular weight is 380 g/mol. The lowest BCUT2D eigenvalue weighted by Gasteiger charge is -2.18. The zero-order valence-electron chi connectivity index (χ0n) is 14.5. The lowest BCUT2D eigenvalue weighted by molar-refractivity contribution is -0.384. The first-order valence-corrected chi connectivity index (χ1v) is 8.32. The molecule has 1 N–H and O–H groups in total. The number of nitro groups is 1. The summed E-state index contributed by atoms with van der Waals surface area (Å²) in [4.78, 5) is 24.2. The summed E-state index contributed by atoms with van der Waals surface area (Å²) < 4.78 is 13.8. The standard InChI is InChI=1S/C18H19ClFN3O3/c1-12-6-7-13(23(25)26)10-17(12)21-18(24)8-9-22(2)11-14-15(19)4-3-5-16(14)20/h3-7,10H,8-9,11H2,1-2H3,(H,21,24). The normalized spacial score (nSPS) is 10.8. The largest absolute Gasteiger partial charge is 0.326 e. The maximum absolute atomic E-state index is 13.8. The molecule has 0 bridgehead atoms. The topological polar surface area (TPSA) is 75.5 Å². The summed E-state index contributed by atoms with van der Waals surface area (Å²) in [5, 5.41) is 13.9. The zero-order chi connectivity index (χ0) is 19.3. The number of rotatable bonds is 7. The molecule has 0 aromatic heterocycles. The van der Waals surface area contributed by atoms with Crippen LogP contribution in [0.1, 0.15) is 17.5 Å². The van der Waals surface area contributed by atoms with E-state index < -0.39 is 4.92 Å². The van der Waals surface area contributed by atoms with Crippen LogP contribution >= 0.6 is 11.6 Å². The van der Waals surface area contributed by atoms with Crippen LogP contribution < -0.4 is 5.32 Å². The van der Waals surface area contributed by atoms with Gasteiger partial charge >= 0.3 is 0 Å². The maximum atomic E-state index is 13.8. The molecule has 0 aliphatic carbocycles. The Morgan fingerprint density at radius 3 is 2.73 bits per heavy atom. The Morgan fingerprint density at radius 1 is 1.35 bits per heavy atom. The molecule has 0 atom stereocenters. The molecule has 138 valence electrons. The van der Waals surface area contributed by atoms with E-state index in [0.717, 1.165) is 5.56 Å². The number of benzene rings is 2. The van der Waals surface area contributed by atoms with Gasteiger partial charge in [-0.15, -0.1) is 0 Å². The van der Waals surface area contributed by atoms with Crippen LogP contribution in [0.15, 0.2) is 36.4 Å². The van der Waals surface area contributed by atoms with Crippen molar-refractivity contribution in [2.24, 2.45) is 0 Å². The van der Waals surface area contributed by atoms with Gasteiger partial charge in [-0.25, -0.2) is 4.39 Å². The van der Waals surface area contributed by atoms with Gasteiger partial charge in [0.05, 0.1) is 10.6 Å². The molecule has 0 radical (unpaired) electrons. The highest BCUT2D eigenvalue weighted by molar-refractivity contribution is 6.31. The first-order chi connectivity index (χ1) is 12.3. The van der Waals surface area contributed by atoms with Gasteiger partial charge in [0.15, 0.2) is 0 Å². The van der Waals surface area contributed by atoms with Crippen LogP contribution in [-0.4, -0.2) is 29.3 Å². The van der Waals surface area contributed by atoms with Crippen molar-refractivity contribution in [1.29, 1.82) is 0 Å². The highest BCUT2D eigenvalue weighted by atomic mass is 35.5. The lowest BCUT2D eigenvalue weighted by atomic mass is 10.1. The number of nitrogens with one attached hydrogen (secondary N) is 1. The fourth-order valence-corrected chi connectivity index (χ4v) is 2.62. The van der Waals surface area contributed by atoms with Crippen LogP contribution in [0.4, 0.5) is 15.8 Å². The smallest absolute Gasteiger partial charge is 0.271 e. The van der Waals surface area contributed by atoms with Crippen LogP contribution in [0, 0.1) is 22.9 Å². The van der Waals surface area contributed by atoms with Crippen LogP contribution in [-0.2, 0) is 11.3 Å². The van der Waals surface area contributed by atoms with Gasteiger partial charge < -0.3 is 10.2 Å². The van der Waals surface area contributed by atoms with Crippen molar-refractivity contribution in [3.05, 3.63) is 68.5 Å². The van der Waals surface area contributed by atoms with Crippen LogP contribution in [0.3, 0.4) is 0 Å². The van der Waals surface area contributed by atoms with Gasteiger partial charge in [-0.3, -0.25) is 14.9 Å². The molecule has 0 aliphatic heterocycles. The minimum Gasteiger partial charge on any atom is -0.326 e. The molecule has 0 saturated heterocycles. The van der Waals surface area contributed by atoms with Crippen molar-refractivity contribution < 1.29 is 14.1 Å². The summed E-state index contributed by atoms with van der Waals surface area (Å²) in [6.45, 7) is 2.41. The molecule has 6 nitrogen and oxygen atoms in total. The number of aryl methyl sites for hydroxylation is 1. The Balaban J connectivity index is 1.92. The van der Waals surface area contributed by atoms with Gasteiger partial charge in [0.2, 0.25) is 5.91 Å². The molecule has 2 aromatic carbocycles. The summed E-state index contributed by atoms with van der Waals surface area (Å²) in [5.74, 6) is -0.666. The van der Waals surface area contributed by atoms with Gasteiger partial charge in [0.25, 0.3) is 5.69 Å². The highest BCUT2D eigenvalue weighted by Crippen LogP contribution is 2.22. The molecule has 0 heterocycles. The molecule has 1 amide bonds. The molecule has 26 heavy (non-hydrogen) atoms. The Kier molecular flexibility index (Phi) is 6.65. The Hall–Kier alpha value is -2.51. The summed E-state index contributed by atoms with van der Waals surface area (Å²) in [7, 11) is 1.76. The third kappa shape index (κ3) is 5.24. The quantitative estimate of drug-likeness (QED) is 0.579. The summed E-state index contributed by atoms with van der Waals surface area (Å²) in [5.41, 5.74) is 1.43. The number of carbonyl (C=O) groups is 1. The first-order valence-electron chi connectivity index (χ1n) is 7.94. The SMILES string of the molecule is Cc1ccc([N+](=O)[O-])cc1NC(=O)CCN(C)Cc1c(F)cccc1Cl. The molecular weight excluding hydrogens is 361 g/mol. The van der Waals surface area contributed by atoms with E-state index in [4.69, 9.17) is 11.6 Å². The number of anilines is 1. The molecule has 0 unspecified atom stereocenters. The number of carbonyl (C=O) groups excluding carboxylic acids is 1. The number of hydrogen-bond donors (Lipinski definition) is 1. The molecule has 8 heteroatoms. The van der Waals surface area contributed by atoms with E-state index in [1.165, 1.54) is 24.3 Å². The van der Waals surface area contributed by atoms with E-state index in [2.05, 4.69) is 5.32 Å². The fourth-order valence-electron chi connectivity index (χ4n) is 2.40. The van der Waals surface area contributed by atoms with Crippen molar-refractivity contribution in [3.63, 3.8) is 0 Å². The van der Waals surface area contributed by atoms with E-state index in [0.29, 0.717) is 22.8 Å². The highest BCUT2D eigenvalue weighted by Gasteiger charge is 2.13. The summed E-state index contributed by atoms with van der Waals surface area (Å²) in [6.07, 6.45) is 0.157. The second-order valence-corrected chi connectivity index (χ2v) is 6.40. The molecular formula is C18H19ClFN3O3. The van der Waals surface area contributed by atoms with Crippen LogP contribution in [0.25, 0.3) is 0 Å². The number of nitrogens with zero attached hydrogens (tertiary/aromatic N) is 2. The van der Waals surface area contributed by atoms with Gasteiger partial charge in [0, 0.05) is 42.2 Å². The summed E-state index contributed by atoms with van der Waals surface area (Å²) in [6, 6.07) is 8.79. The van der Waals surface area contributed by atoms with E-state index in [1.54, 1.807) is 31.0 Å². The Morgan fingerprint density at radius 2 is 2.08 bits per heavy atom. The van der Waals surface area contributed by atoms with Crippen molar-refractivity contribution in [3.8, 4) is 0 Å². The number of nitro benzene ring substituents is 1. The van der Waals surface area contributed by atoms with Crippen molar-refractivity contribution in [2.45, 2.75) is 19.9 Å². The first kappa shape index (κ1) is 19.8. The van der Waals surface area contributed by atoms with E-state index >= 15 is 0 Å².